The molecule has 16 heavy (non-hydrogen) atoms. The molecule has 0 aliphatic heterocycles. The van der Waals surface area contributed by atoms with Gasteiger partial charge in [0.25, 0.3) is 0 Å². The molecule has 0 heterocycles. The number of ether oxygens (including phenoxy) is 1. The Morgan fingerprint density at radius 1 is 1.44 bits per heavy atom. The van der Waals surface area contributed by atoms with E-state index in [0.717, 1.165) is 23.6 Å². The molecular weight excluding hydrogens is 287 g/mol. The second-order valence-electron chi connectivity index (χ2n) is 4.62. The standard InChI is InChI=1S/C13H16BrClO/c1-3-13(2)11(14)8-12(13)16-10-6-4-9(15)5-7-10/h4-7,11-12H,3,8H2,1-2H3. The van der Waals surface area contributed by atoms with E-state index in [0.29, 0.717) is 10.9 Å². The summed E-state index contributed by atoms with van der Waals surface area (Å²) in [5.41, 5.74) is 0.250. The summed E-state index contributed by atoms with van der Waals surface area (Å²) in [6, 6.07) is 7.59. The maximum absolute atomic E-state index is 5.99. The van der Waals surface area contributed by atoms with E-state index in [2.05, 4.69) is 29.8 Å². The Bertz CT molecular complexity index is 365. The van der Waals surface area contributed by atoms with Gasteiger partial charge in [-0.25, -0.2) is 0 Å². The number of benzene rings is 1. The van der Waals surface area contributed by atoms with Crippen molar-refractivity contribution in [2.45, 2.75) is 37.6 Å². The van der Waals surface area contributed by atoms with E-state index in [1.807, 2.05) is 24.3 Å². The van der Waals surface area contributed by atoms with Crippen LogP contribution in [-0.4, -0.2) is 10.9 Å². The van der Waals surface area contributed by atoms with Crippen molar-refractivity contribution in [3.8, 4) is 5.75 Å². The van der Waals surface area contributed by atoms with Gasteiger partial charge in [-0.15, -0.1) is 0 Å². The van der Waals surface area contributed by atoms with E-state index >= 15 is 0 Å². The third-order valence-electron chi connectivity index (χ3n) is 3.73. The molecule has 0 aromatic heterocycles. The van der Waals surface area contributed by atoms with Gasteiger partial charge in [0.15, 0.2) is 0 Å². The summed E-state index contributed by atoms with van der Waals surface area (Å²) < 4.78 is 5.99. The summed E-state index contributed by atoms with van der Waals surface area (Å²) >= 11 is 9.55. The molecule has 1 aliphatic carbocycles. The van der Waals surface area contributed by atoms with Crippen LogP contribution in [0.25, 0.3) is 0 Å². The summed E-state index contributed by atoms with van der Waals surface area (Å²) in [7, 11) is 0. The minimum Gasteiger partial charge on any atom is -0.490 e. The lowest BCUT2D eigenvalue weighted by atomic mass is 9.65. The van der Waals surface area contributed by atoms with Gasteiger partial charge in [-0.3, -0.25) is 0 Å². The highest BCUT2D eigenvalue weighted by Gasteiger charge is 2.50. The molecule has 0 amide bonds. The largest absolute Gasteiger partial charge is 0.490 e. The van der Waals surface area contributed by atoms with Crippen LogP contribution in [0.15, 0.2) is 24.3 Å². The van der Waals surface area contributed by atoms with Crippen LogP contribution in [0.1, 0.15) is 26.7 Å². The highest BCUT2D eigenvalue weighted by atomic mass is 79.9. The van der Waals surface area contributed by atoms with E-state index < -0.39 is 0 Å². The predicted octanol–water partition coefficient (Wildman–Crippen LogP) is 4.67. The molecule has 3 unspecified atom stereocenters. The molecule has 1 fully saturated rings. The first-order valence-electron chi connectivity index (χ1n) is 5.62. The number of hydrogen-bond donors (Lipinski definition) is 0. The van der Waals surface area contributed by atoms with Crippen molar-refractivity contribution < 1.29 is 4.74 Å². The minimum absolute atomic E-state index is 0.250. The zero-order chi connectivity index (χ0) is 11.8. The van der Waals surface area contributed by atoms with Crippen LogP contribution in [0.3, 0.4) is 0 Å². The van der Waals surface area contributed by atoms with Crippen LogP contribution in [0, 0.1) is 5.41 Å². The van der Waals surface area contributed by atoms with E-state index in [1.165, 1.54) is 0 Å². The van der Waals surface area contributed by atoms with E-state index in [1.54, 1.807) is 0 Å². The molecule has 0 N–H and O–H groups in total. The maximum Gasteiger partial charge on any atom is 0.119 e. The summed E-state index contributed by atoms with van der Waals surface area (Å²) in [6.07, 6.45) is 2.51. The van der Waals surface area contributed by atoms with Crippen LogP contribution < -0.4 is 4.74 Å². The number of hydrogen-bond acceptors (Lipinski definition) is 1. The van der Waals surface area contributed by atoms with Crippen molar-refractivity contribution in [3.63, 3.8) is 0 Å². The molecule has 88 valence electrons. The Hall–Kier alpha value is -0.210. The molecule has 1 nitrogen and oxygen atoms in total. The molecule has 0 spiro atoms. The van der Waals surface area contributed by atoms with E-state index in [4.69, 9.17) is 16.3 Å². The molecule has 1 aromatic carbocycles. The molecule has 3 atom stereocenters. The van der Waals surface area contributed by atoms with Crippen molar-refractivity contribution in [2.75, 3.05) is 0 Å². The van der Waals surface area contributed by atoms with Crippen LogP contribution in [0.5, 0.6) is 5.75 Å². The maximum atomic E-state index is 5.99. The number of halogens is 2. The fourth-order valence-corrected chi connectivity index (χ4v) is 3.16. The van der Waals surface area contributed by atoms with Gasteiger partial charge >= 0.3 is 0 Å². The molecule has 0 bridgehead atoms. The Morgan fingerprint density at radius 2 is 2.06 bits per heavy atom. The normalized spacial score (nSPS) is 33.2. The zero-order valence-corrected chi connectivity index (χ0v) is 11.9. The van der Waals surface area contributed by atoms with Gasteiger partial charge in [-0.05, 0) is 37.1 Å². The van der Waals surface area contributed by atoms with Crippen molar-refractivity contribution >= 4 is 27.5 Å². The van der Waals surface area contributed by atoms with Crippen LogP contribution in [-0.2, 0) is 0 Å². The Morgan fingerprint density at radius 3 is 2.56 bits per heavy atom. The average Bonchev–Trinajstić information content (AvgIpc) is 2.30. The average molecular weight is 304 g/mol. The van der Waals surface area contributed by atoms with Gasteiger partial charge in [0, 0.05) is 15.3 Å². The van der Waals surface area contributed by atoms with E-state index in [9.17, 15) is 0 Å². The van der Waals surface area contributed by atoms with E-state index in [-0.39, 0.29) is 5.41 Å². The van der Waals surface area contributed by atoms with Crippen molar-refractivity contribution in [1.82, 2.24) is 0 Å². The molecule has 2 rings (SSSR count). The fourth-order valence-electron chi connectivity index (χ4n) is 2.08. The molecule has 0 radical (unpaired) electrons. The van der Waals surface area contributed by atoms with Gasteiger partial charge in [0.1, 0.15) is 11.9 Å². The highest BCUT2D eigenvalue weighted by molar-refractivity contribution is 9.09. The minimum atomic E-state index is 0.250. The van der Waals surface area contributed by atoms with Crippen LogP contribution in [0.2, 0.25) is 5.02 Å². The first kappa shape index (κ1) is 12.3. The Labute approximate surface area is 110 Å². The van der Waals surface area contributed by atoms with Crippen LogP contribution >= 0.6 is 27.5 Å². The quantitative estimate of drug-likeness (QED) is 0.737. The topological polar surface area (TPSA) is 9.23 Å². The molecule has 3 heteroatoms. The third-order valence-corrected chi connectivity index (χ3v) is 5.40. The summed E-state index contributed by atoms with van der Waals surface area (Å²) in [6.45, 7) is 4.49. The number of rotatable bonds is 3. The molecule has 1 aromatic rings. The lowest BCUT2D eigenvalue weighted by Crippen LogP contribution is -2.54. The Kier molecular flexibility index (Phi) is 3.50. The molecule has 1 aliphatic rings. The number of alkyl halides is 1. The van der Waals surface area contributed by atoms with Crippen molar-refractivity contribution in [2.24, 2.45) is 5.41 Å². The SMILES string of the molecule is CCC1(C)C(Br)CC1Oc1ccc(Cl)cc1. The summed E-state index contributed by atoms with van der Waals surface area (Å²) in [5.74, 6) is 0.911. The molecule has 1 saturated carbocycles. The first-order valence-corrected chi connectivity index (χ1v) is 6.92. The molecular formula is C13H16BrClO. The fraction of sp³-hybridized carbons (Fsp3) is 0.538. The lowest BCUT2D eigenvalue weighted by Gasteiger charge is -2.50. The zero-order valence-electron chi connectivity index (χ0n) is 9.54. The lowest BCUT2D eigenvalue weighted by molar-refractivity contribution is -0.0243. The highest BCUT2D eigenvalue weighted by Crippen LogP contribution is 2.50. The van der Waals surface area contributed by atoms with Gasteiger partial charge in [0.05, 0.1) is 0 Å². The molecule has 0 saturated heterocycles. The van der Waals surface area contributed by atoms with Crippen LogP contribution in [0.4, 0.5) is 0 Å². The van der Waals surface area contributed by atoms with Gasteiger partial charge < -0.3 is 4.74 Å². The Balaban J connectivity index is 2.04. The predicted molar refractivity (Wildman–Crippen MR) is 71.6 cm³/mol. The van der Waals surface area contributed by atoms with Gasteiger partial charge in [-0.1, -0.05) is 41.4 Å². The summed E-state index contributed by atoms with van der Waals surface area (Å²) in [4.78, 5) is 0.572. The first-order chi connectivity index (χ1) is 7.56. The smallest absolute Gasteiger partial charge is 0.119 e. The van der Waals surface area contributed by atoms with Gasteiger partial charge in [-0.2, -0.15) is 0 Å². The second kappa shape index (κ2) is 4.58. The summed E-state index contributed by atoms with van der Waals surface area (Å²) in [5, 5.41) is 0.748. The van der Waals surface area contributed by atoms with Crippen molar-refractivity contribution in [1.29, 1.82) is 0 Å². The van der Waals surface area contributed by atoms with Gasteiger partial charge in [0.2, 0.25) is 0 Å². The van der Waals surface area contributed by atoms with Crippen molar-refractivity contribution in [3.05, 3.63) is 29.3 Å². The second-order valence-corrected chi connectivity index (χ2v) is 6.16. The third kappa shape index (κ3) is 2.10. The monoisotopic (exact) mass is 302 g/mol.